The van der Waals surface area contributed by atoms with Crippen LogP contribution in [0.4, 0.5) is 5.82 Å². The van der Waals surface area contributed by atoms with Crippen molar-refractivity contribution < 1.29 is 4.74 Å². The van der Waals surface area contributed by atoms with Crippen molar-refractivity contribution in [2.45, 2.75) is 13.5 Å². The summed E-state index contributed by atoms with van der Waals surface area (Å²) in [6, 6.07) is 3.65. The average molecular weight is 231 g/mol. The van der Waals surface area contributed by atoms with Crippen molar-refractivity contribution in [3.05, 3.63) is 35.9 Å². The molecule has 2 aromatic rings. The summed E-state index contributed by atoms with van der Waals surface area (Å²) in [6.45, 7) is 2.18. The van der Waals surface area contributed by atoms with Gasteiger partial charge in [-0.25, -0.2) is 9.97 Å². The minimum atomic E-state index is 0.320. The molecule has 0 aliphatic rings. The van der Waals surface area contributed by atoms with Crippen LogP contribution < -0.4 is 10.1 Å². The van der Waals surface area contributed by atoms with E-state index in [1.807, 2.05) is 19.1 Å². The van der Waals surface area contributed by atoms with Crippen molar-refractivity contribution in [1.29, 1.82) is 0 Å². The quantitative estimate of drug-likeness (QED) is 0.852. The van der Waals surface area contributed by atoms with Crippen LogP contribution in [0.1, 0.15) is 11.4 Å². The van der Waals surface area contributed by atoms with E-state index in [-0.39, 0.29) is 0 Å². The lowest BCUT2D eigenvalue weighted by Gasteiger charge is -2.08. The second-order valence-corrected chi connectivity index (χ2v) is 3.42. The van der Waals surface area contributed by atoms with Crippen molar-refractivity contribution in [3.8, 4) is 5.88 Å². The van der Waals surface area contributed by atoms with Crippen LogP contribution in [0, 0.1) is 6.92 Å². The molecule has 2 heterocycles. The SMILES string of the molecule is CNc1ncc(C)nc1OCc1cccnn1. The van der Waals surface area contributed by atoms with Gasteiger partial charge in [-0.2, -0.15) is 10.2 Å². The summed E-state index contributed by atoms with van der Waals surface area (Å²) < 4.78 is 5.56. The highest BCUT2D eigenvalue weighted by atomic mass is 16.5. The molecule has 0 spiro atoms. The highest BCUT2D eigenvalue weighted by Crippen LogP contribution is 2.18. The normalized spacial score (nSPS) is 10.0. The zero-order chi connectivity index (χ0) is 12.1. The number of aryl methyl sites for hydroxylation is 1. The van der Waals surface area contributed by atoms with Crippen LogP contribution in [-0.4, -0.2) is 27.2 Å². The lowest BCUT2D eigenvalue weighted by Crippen LogP contribution is -2.05. The van der Waals surface area contributed by atoms with Crippen LogP contribution in [0.15, 0.2) is 24.5 Å². The van der Waals surface area contributed by atoms with Gasteiger partial charge in [0.2, 0.25) is 0 Å². The summed E-state index contributed by atoms with van der Waals surface area (Å²) in [5.41, 5.74) is 1.55. The van der Waals surface area contributed by atoms with Crippen molar-refractivity contribution in [2.24, 2.45) is 0 Å². The van der Waals surface area contributed by atoms with Crippen molar-refractivity contribution in [3.63, 3.8) is 0 Å². The molecule has 0 aliphatic carbocycles. The molecule has 0 saturated heterocycles. The second-order valence-electron chi connectivity index (χ2n) is 3.42. The van der Waals surface area contributed by atoms with Gasteiger partial charge in [0.25, 0.3) is 5.88 Å². The van der Waals surface area contributed by atoms with Gasteiger partial charge in [0.15, 0.2) is 5.82 Å². The number of anilines is 1. The van der Waals surface area contributed by atoms with E-state index in [1.54, 1.807) is 19.4 Å². The number of hydrogen-bond acceptors (Lipinski definition) is 6. The first-order valence-corrected chi connectivity index (χ1v) is 5.20. The predicted octanol–water partition coefficient (Wildman–Crippen LogP) is 1.20. The lowest BCUT2D eigenvalue weighted by atomic mass is 10.4. The first kappa shape index (κ1) is 11.3. The van der Waals surface area contributed by atoms with Crippen molar-refractivity contribution in [2.75, 3.05) is 12.4 Å². The summed E-state index contributed by atoms with van der Waals surface area (Å²) in [4.78, 5) is 8.44. The molecule has 88 valence electrons. The van der Waals surface area contributed by atoms with E-state index in [2.05, 4.69) is 25.5 Å². The maximum Gasteiger partial charge on any atom is 0.258 e. The van der Waals surface area contributed by atoms with Gasteiger partial charge in [0, 0.05) is 13.2 Å². The number of hydrogen-bond donors (Lipinski definition) is 1. The summed E-state index contributed by atoms with van der Waals surface area (Å²) >= 11 is 0. The van der Waals surface area contributed by atoms with Crippen molar-refractivity contribution >= 4 is 5.82 Å². The fourth-order valence-electron chi connectivity index (χ4n) is 1.28. The zero-order valence-corrected chi connectivity index (χ0v) is 9.71. The van der Waals surface area contributed by atoms with Gasteiger partial charge in [-0.05, 0) is 19.1 Å². The maximum absolute atomic E-state index is 5.56. The lowest BCUT2D eigenvalue weighted by molar-refractivity contribution is 0.288. The summed E-state index contributed by atoms with van der Waals surface area (Å²) in [5, 5.41) is 10.6. The smallest absolute Gasteiger partial charge is 0.258 e. The Morgan fingerprint density at radius 1 is 1.41 bits per heavy atom. The van der Waals surface area contributed by atoms with E-state index in [0.29, 0.717) is 18.3 Å². The fraction of sp³-hybridized carbons (Fsp3) is 0.273. The summed E-state index contributed by atoms with van der Waals surface area (Å²) in [5.74, 6) is 1.08. The molecule has 0 saturated carbocycles. The molecular weight excluding hydrogens is 218 g/mol. The van der Waals surface area contributed by atoms with Crippen LogP contribution in [0.5, 0.6) is 5.88 Å². The highest BCUT2D eigenvalue weighted by Gasteiger charge is 2.06. The Morgan fingerprint density at radius 2 is 2.29 bits per heavy atom. The molecule has 0 aliphatic heterocycles. The Morgan fingerprint density at radius 3 is 3.00 bits per heavy atom. The van der Waals surface area contributed by atoms with E-state index in [1.165, 1.54) is 0 Å². The van der Waals surface area contributed by atoms with Gasteiger partial charge in [-0.15, -0.1) is 0 Å². The molecule has 0 amide bonds. The van der Waals surface area contributed by atoms with Crippen LogP contribution in [0.3, 0.4) is 0 Å². The molecule has 6 heteroatoms. The molecule has 1 N–H and O–H groups in total. The van der Waals surface area contributed by atoms with Gasteiger partial charge in [-0.1, -0.05) is 0 Å². The number of rotatable bonds is 4. The first-order valence-electron chi connectivity index (χ1n) is 5.20. The van der Waals surface area contributed by atoms with Crippen LogP contribution in [-0.2, 0) is 6.61 Å². The largest absolute Gasteiger partial charge is 0.468 e. The van der Waals surface area contributed by atoms with E-state index in [0.717, 1.165) is 11.4 Å². The van der Waals surface area contributed by atoms with E-state index in [9.17, 15) is 0 Å². The van der Waals surface area contributed by atoms with Gasteiger partial charge in [0.1, 0.15) is 12.3 Å². The Hall–Kier alpha value is -2.24. The number of aromatic nitrogens is 4. The Balaban J connectivity index is 2.11. The van der Waals surface area contributed by atoms with Crippen LogP contribution >= 0.6 is 0 Å². The molecule has 0 atom stereocenters. The molecule has 0 fully saturated rings. The third kappa shape index (κ3) is 2.87. The highest BCUT2D eigenvalue weighted by molar-refractivity contribution is 5.44. The molecule has 6 nitrogen and oxygen atoms in total. The molecule has 0 radical (unpaired) electrons. The number of nitrogens with one attached hydrogen (secondary N) is 1. The first-order chi connectivity index (χ1) is 8.29. The zero-order valence-electron chi connectivity index (χ0n) is 9.71. The summed E-state index contributed by atoms with van der Waals surface area (Å²) in [7, 11) is 1.77. The van der Waals surface area contributed by atoms with Crippen molar-refractivity contribution in [1.82, 2.24) is 20.2 Å². The van der Waals surface area contributed by atoms with Gasteiger partial charge in [-0.3, -0.25) is 0 Å². The van der Waals surface area contributed by atoms with E-state index >= 15 is 0 Å². The monoisotopic (exact) mass is 231 g/mol. The second kappa shape index (κ2) is 5.20. The molecular formula is C11H13N5O. The molecule has 17 heavy (non-hydrogen) atoms. The maximum atomic E-state index is 5.56. The number of ether oxygens (including phenoxy) is 1. The topological polar surface area (TPSA) is 72.8 Å². The molecule has 2 rings (SSSR count). The summed E-state index contributed by atoms with van der Waals surface area (Å²) in [6.07, 6.45) is 3.30. The van der Waals surface area contributed by atoms with E-state index in [4.69, 9.17) is 4.74 Å². The molecule has 0 unspecified atom stereocenters. The molecule has 0 aromatic carbocycles. The average Bonchev–Trinajstić information content (AvgIpc) is 2.38. The van der Waals surface area contributed by atoms with Crippen LogP contribution in [0.25, 0.3) is 0 Å². The number of nitrogens with zero attached hydrogens (tertiary/aromatic N) is 4. The standard InChI is InChI=1S/C11H13N5O/c1-8-6-13-10(12-2)11(15-8)17-7-9-4-3-5-14-16-9/h3-6H,7H2,1-2H3,(H,12,13). The third-order valence-electron chi connectivity index (χ3n) is 2.08. The van der Waals surface area contributed by atoms with E-state index < -0.39 is 0 Å². The molecule has 0 bridgehead atoms. The minimum Gasteiger partial charge on any atom is -0.468 e. The van der Waals surface area contributed by atoms with Gasteiger partial charge < -0.3 is 10.1 Å². The Kier molecular flexibility index (Phi) is 3.44. The van der Waals surface area contributed by atoms with Gasteiger partial charge >= 0.3 is 0 Å². The third-order valence-corrected chi connectivity index (χ3v) is 2.08. The Bertz CT molecular complexity index is 488. The molecule has 2 aromatic heterocycles. The fourth-order valence-corrected chi connectivity index (χ4v) is 1.28. The Labute approximate surface area is 99.1 Å². The predicted molar refractivity (Wildman–Crippen MR) is 62.7 cm³/mol. The van der Waals surface area contributed by atoms with Gasteiger partial charge in [0.05, 0.1) is 11.9 Å². The minimum absolute atomic E-state index is 0.320. The van der Waals surface area contributed by atoms with Crippen LogP contribution in [0.2, 0.25) is 0 Å².